The minimum atomic E-state index is -0.566. The fourth-order valence-electron chi connectivity index (χ4n) is 3.92. The maximum absolute atomic E-state index is 10.9. The summed E-state index contributed by atoms with van der Waals surface area (Å²) in [5.41, 5.74) is -0.727. The summed E-state index contributed by atoms with van der Waals surface area (Å²) in [6.45, 7) is 2.42. The number of rotatable bonds is 3. The molecule has 94 valence electrons. The number of aliphatic hydroxyl groups is 2. The first-order chi connectivity index (χ1) is 7.66. The van der Waals surface area contributed by atoms with Gasteiger partial charge in [0.1, 0.15) is 0 Å². The number of hydrogen-bond acceptors (Lipinski definition) is 2. The molecule has 2 N–H and O–H groups in total. The fraction of sp³-hybridized carbons (Fsp3) is 1.00. The van der Waals surface area contributed by atoms with Crippen LogP contribution in [0.3, 0.4) is 0 Å². The molecular weight excluding hydrogens is 200 g/mol. The molecule has 0 spiro atoms. The Morgan fingerprint density at radius 3 is 2.06 bits per heavy atom. The Hall–Kier alpha value is -0.0800. The molecular formula is C14H26O2. The van der Waals surface area contributed by atoms with Gasteiger partial charge in [0.25, 0.3) is 0 Å². The largest absolute Gasteiger partial charge is 0.396 e. The Morgan fingerprint density at radius 2 is 1.62 bits per heavy atom. The summed E-state index contributed by atoms with van der Waals surface area (Å²) in [5, 5.41) is 20.6. The van der Waals surface area contributed by atoms with Crippen molar-refractivity contribution in [3.05, 3.63) is 0 Å². The van der Waals surface area contributed by atoms with Crippen LogP contribution in [0.1, 0.15) is 64.7 Å². The maximum Gasteiger partial charge on any atom is 0.0725 e. The third kappa shape index (κ3) is 1.91. The van der Waals surface area contributed by atoms with Gasteiger partial charge in [-0.25, -0.2) is 0 Å². The van der Waals surface area contributed by atoms with Crippen LogP contribution in [0.25, 0.3) is 0 Å². The quantitative estimate of drug-likeness (QED) is 0.777. The Morgan fingerprint density at radius 1 is 1.06 bits per heavy atom. The molecule has 2 aliphatic rings. The highest BCUT2D eigenvalue weighted by Gasteiger charge is 2.52. The van der Waals surface area contributed by atoms with Gasteiger partial charge >= 0.3 is 0 Å². The zero-order valence-corrected chi connectivity index (χ0v) is 10.5. The molecule has 0 bridgehead atoms. The standard InChI is InChI=1S/C14H26O2/c1-2-12-5-9-14(16,10-6-12)13(11-15)7-3-4-8-13/h12,15-16H,2-11H2,1H3. The lowest BCUT2D eigenvalue weighted by molar-refractivity contribution is -0.134. The van der Waals surface area contributed by atoms with Crippen LogP contribution in [0.2, 0.25) is 0 Å². The monoisotopic (exact) mass is 226 g/mol. The molecule has 0 unspecified atom stereocenters. The molecule has 0 aromatic rings. The minimum Gasteiger partial charge on any atom is -0.396 e. The number of hydrogen-bond donors (Lipinski definition) is 2. The molecule has 0 aromatic heterocycles. The van der Waals surface area contributed by atoms with Crippen molar-refractivity contribution < 1.29 is 10.2 Å². The van der Waals surface area contributed by atoms with Crippen LogP contribution in [-0.2, 0) is 0 Å². The van der Waals surface area contributed by atoms with Gasteiger partial charge in [-0.3, -0.25) is 0 Å². The van der Waals surface area contributed by atoms with Gasteiger partial charge in [0.2, 0.25) is 0 Å². The second-order valence-electron chi connectivity index (χ2n) is 6.03. The van der Waals surface area contributed by atoms with E-state index in [1.807, 2.05) is 0 Å². The van der Waals surface area contributed by atoms with E-state index in [2.05, 4.69) is 6.92 Å². The zero-order chi connectivity index (χ0) is 11.6. The lowest BCUT2D eigenvalue weighted by Crippen LogP contribution is -2.51. The van der Waals surface area contributed by atoms with Gasteiger partial charge in [-0.1, -0.05) is 26.2 Å². The average Bonchev–Trinajstić information content (AvgIpc) is 2.80. The molecule has 2 rings (SSSR count). The minimum absolute atomic E-state index is 0.161. The Balaban J connectivity index is 2.07. The van der Waals surface area contributed by atoms with E-state index in [-0.39, 0.29) is 12.0 Å². The smallest absolute Gasteiger partial charge is 0.0725 e. The van der Waals surface area contributed by atoms with Gasteiger partial charge in [0.15, 0.2) is 0 Å². The van der Waals surface area contributed by atoms with Crippen molar-refractivity contribution in [2.24, 2.45) is 11.3 Å². The van der Waals surface area contributed by atoms with E-state index in [9.17, 15) is 10.2 Å². The van der Waals surface area contributed by atoms with Crippen molar-refractivity contribution in [3.8, 4) is 0 Å². The van der Waals surface area contributed by atoms with Crippen molar-refractivity contribution in [2.45, 2.75) is 70.3 Å². The molecule has 0 heterocycles. The lowest BCUT2D eigenvalue weighted by Gasteiger charge is -2.48. The van der Waals surface area contributed by atoms with Crippen molar-refractivity contribution in [1.29, 1.82) is 0 Å². The van der Waals surface area contributed by atoms with Gasteiger partial charge < -0.3 is 10.2 Å². The molecule has 2 saturated carbocycles. The van der Waals surface area contributed by atoms with Crippen molar-refractivity contribution >= 4 is 0 Å². The predicted molar refractivity (Wildman–Crippen MR) is 65.2 cm³/mol. The van der Waals surface area contributed by atoms with E-state index in [1.165, 1.54) is 19.3 Å². The summed E-state index contributed by atoms with van der Waals surface area (Å²) in [5.74, 6) is 0.803. The van der Waals surface area contributed by atoms with Crippen LogP contribution in [0, 0.1) is 11.3 Å². The van der Waals surface area contributed by atoms with E-state index in [1.54, 1.807) is 0 Å². The first-order valence-corrected chi connectivity index (χ1v) is 6.99. The predicted octanol–water partition coefficient (Wildman–Crippen LogP) is 2.87. The summed E-state index contributed by atoms with van der Waals surface area (Å²) in [7, 11) is 0. The molecule has 16 heavy (non-hydrogen) atoms. The van der Waals surface area contributed by atoms with E-state index in [4.69, 9.17) is 0 Å². The molecule has 2 heteroatoms. The average molecular weight is 226 g/mol. The highest BCUT2D eigenvalue weighted by Crippen LogP contribution is 2.52. The Labute approximate surface area is 99.1 Å². The highest BCUT2D eigenvalue weighted by molar-refractivity contribution is 5.03. The van der Waals surface area contributed by atoms with Crippen LogP contribution in [-0.4, -0.2) is 22.4 Å². The summed E-state index contributed by atoms with van der Waals surface area (Å²) in [6, 6.07) is 0. The van der Waals surface area contributed by atoms with Crippen LogP contribution >= 0.6 is 0 Å². The van der Waals surface area contributed by atoms with Gasteiger partial charge in [-0.15, -0.1) is 0 Å². The van der Waals surface area contributed by atoms with Crippen molar-refractivity contribution in [3.63, 3.8) is 0 Å². The Kier molecular flexibility index (Phi) is 3.60. The molecule has 0 radical (unpaired) electrons. The third-order valence-corrected chi connectivity index (χ3v) is 5.36. The molecule has 0 atom stereocenters. The second-order valence-corrected chi connectivity index (χ2v) is 6.03. The normalized spacial score (nSPS) is 38.8. The summed E-state index contributed by atoms with van der Waals surface area (Å²) in [6.07, 6.45) is 9.76. The fourth-order valence-corrected chi connectivity index (χ4v) is 3.92. The van der Waals surface area contributed by atoms with Crippen LogP contribution in [0.4, 0.5) is 0 Å². The third-order valence-electron chi connectivity index (χ3n) is 5.36. The summed E-state index contributed by atoms with van der Waals surface area (Å²) >= 11 is 0. The van der Waals surface area contributed by atoms with E-state index < -0.39 is 5.60 Å². The Bertz CT molecular complexity index is 223. The first kappa shape index (κ1) is 12.4. The highest BCUT2D eigenvalue weighted by atomic mass is 16.3. The lowest BCUT2D eigenvalue weighted by atomic mass is 9.62. The van der Waals surface area contributed by atoms with Crippen molar-refractivity contribution in [1.82, 2.24) is 0 Å². The van der Waals surface area contributed by atoms with Crippen molar-refractivity contribution in [2.75, 3.05) is 6.61 Å². The molecule has 0 amide bonds. The SMILES string of the molecule is CCC1CCC(O)(C2(CO)CCCC2)CC1. The van der Waals surface area contributed by atoms with Gasteiger partial charge in [-0.2, -0.15) is 0 Å². The summed E-state index contributed by atoms with van der Waals surface area (Å²) < 4.78 is 0. The first-order valence-electron chi connectivity index (χ1n) is 6.99. The van der Waals surface area contributed by atoms with Crippen LogP contribution in [0.15, 0.2) is 0 Å². The molecule has 2 fully saturated rings. The van der Waals surface area contributed by atoms with Crippen LogP contribution < -0.4 is 0 Å². The van der Waals surface area contributed by atoms with Gasteiger partial charge in [0, 0.05) is 5.41 Å². The van der Waals surface area contributed by atoms with E-state index in [0.717, 1.165) is 44.4 Å². The molecule has 0 aliphatic heterocycles. The van der Waals surface area contributed by atoms with Gasteiger partial charge in [0.05, 0.1) is 12.2 Å². The zero-order valence-electron chi connectivity index (χ0n) is 10.5. The topological polar surface area (TPSA) is 40.5 Å². The maximum atomic E-state index is 10.9. The molecule has 2 aliphatic carbocycles. The van der Waals surface area contributed by atoms with Crippen LogP contribution in [0.5, 0.6) is 0 Å². The second kappa shape index (κ2) is 4.66. The van der Waals surface area contributed by atoms with Gasteiger partial charge in [-0.05, 0) is 44.4 Å². The van der Waals surface area contributed by atoms with E-state index >= 15 is 0 Å². The van der Waals surface area contributed by atoms with E-state index in [0.29, 0.717) is 0 Å². The summed E-state index contributed by atoms with van der Waals surface area (Å²) in [4.78, 5) is 0. The number of aliphatic hydroxyl groups excluding tert-OH is 1. The molecule has 0 aromatic carbocycles. The molecule has 0 saturated heterocycles. The molecule has 2 nitrogen and oxygen atoms in total.